The predicted octanol–water partition coefficient (Wildman–Crippen LogP) is 4.51. The monoisotopic (exact) mass is 353 g/mol. The normalized spacial score (nSPS) is 10.4. The van der Waals surface area contributed by atoms with E-state index in [0.29, 0.717) is 18.1 Å². The number of halogens is 1. The van der Waals surface area contributed by atoms with Gasteiger partial charge in [0.05, 0.1) is 0 Å². The maximum atomic E-state index is 6.12. The summed E-state index contributed by atoms with van der Waals surface area (Å²) >= 11 is 11.8. The minimum atomic E-state index is 0.675. The van der Waals surface area contributed by atoms with Crippen molar-refractivity contribution >= 4 is 28.8 Å². The third-order valence-corrected chi connectivity index (χ3v) is 4.28. The van der Waals surface area contributed by atoms with Crippen molar-refractivity contribution < 1.29 is 0 Å². The predicted molar refractivity (Wildman–Crippen MR) is 101 cm³/mol. The fourth-order valence-corrected chi connectivity index (χ4v) is 2.87. The molecule has 0 N–H and O–H groups in total. The maximum Gasteiger partial charge on any atom is 0.109 e. The van der Waals surface area contributed by atoms with Crippen LogP contribution in [0, 0.1) is 0 Å². The summed E-state index contributed by atoms with van der Waals surface area (Å²) in [6.45, 7) is 1.35. The first kappa shape index (κ1) is 16.6. The highest BCUT2D eigenvalue weighted by Gasteiger charge is 2.14. The molecule has 1 aromatic carbocycles. The highest BCUT2D eigenvalue weighted by atomic mass is 35.5. The molecule has 0 fully saturated rings. The zero-order valence-electron chi connectivity index (χ0n) is 13.0. The van der Waals surface area contributed by atoms with Crippen LogP contribution in [-0.4, -0.2) is 19.9 Å². The van der Waals surface area contributed by atoms with Crippen LogP contribution in [0.2, 0.25) is 5.02 Å². The molecular formula is C19H16ClN3S. The Labute approximate surface area is 152 Å². The second kappa shape index (κ2) is 7.99. The van der Waals surface area contributed by atoms with Gasteiger partial charge in [0.2, 0.25) is 0 Å². The van der Waals surface area contributed by atoms with E-state index in [1.165, 1.54) is 0 Å². The Morgan fingerprint density at radius 3 is 2.04 bits per heavy atom. The second-order valence-electron chi connectivity index (χ2n) is 5.39. The molecule has 2 heterocycles. The number of pyridine rings is 2. The van der Waals surface area contributed by atoms with Crippen LogP contribution in [0.1, 0.15) is 16.7 Å². The van der Waals surface area contributed by atoms with Crippen molar-refractivity contribution in [1.82, 2.24) is 14.9 Å². The molecule has 0 aliphatic rings. The molecule has 0 aliphatic carbocycles. The lowest BCUT2D eigenvalue weighted by atomic mass is 10.1. The molecule has 0 amide bonds. The highest BCUT2D eigenvalue weighted by Crippen LogP contribution is 2.17. The number of benzene rings is 1. The summed E-state index contributed by atoms with van der Waals surface area (Å²) in [7, 11) is 0. The number of thiocarbonyl (C=S) groups is 1. The Balaban J connectivity index is 1.87. The molecule has 0 radical (unpaired) electrons. The summed E-state index contributed by atoms with van der Waals surface area (Å²) in [5, 5.41) is 0.678. The Bertz CT molecular complexity index is 768. The first-order valence-electron chi connectivity index (χ1n) is 7.55. The Kier molecular flexibility index (Phi) is 5.51. The zero-order chi connectivity index (χ0) is 16.8. The zero-order valence-corrected chi connectivity index (χ0v) is 14.5. The van der Waals surface area contributed by atoms with E-state index in [4.69, 9.17) is 23.8 Å². The van der Waals surface area contributed by atoms with Gasteiger partial charge >= 0.3 is 0 Å². The van der Waals surface area contributed by atoms with Gasteiger partial charge in [-0.15, -0.1) is 0 Å². The Hall–Kier alpha value is -2.30. The quantitative estimate of drug-likeness (QED) is 0.631. The molecule has 0 atom stereocenters. The van der Waals surface area contributed by atoms with Crippen molar-refractivity contribution in [3.05, 3.63) is 95.0 Å². The van der Waals surface area contributed by atoms with E-state index >= 15 is 0 Å². The molecule has 2 aromatic heterocycles. The lowest BCUT2D eigenvalue weighted by molar-refractivity contribution is 0.413. The van der Waals surface area contributed by atoms with Crippen molar-refractivity contribution in [1.29, 1.82) is 0 Å². The standard InChI is InChI=1S/C19H16ClN3S/c20-18-7-1-6-17(10-18)19(24)23(13-15-4-2-8-21-11-15)14-16-5-3-9-22-12-16/h1-12H,13-14H2. The summed E-state index contributed by atoms with van der Waals surface area (Å²) in [6.07, 6.45) is 7.25. The van der Waals surface area contributed by atoms with Crippen LogP contribution >= 0.6 is 23.8 Å². The second-order valence-corrected chi connectivity index (χ2v) is 6.22. The van der Waals surface area contributed by atoms with Crippen molar-refractivity contribution in [2.24, 2.45) is 0 Å². The van der Waals surface area contributed by atoms with Gasteiger partial charge in [0, 0.05) is 48.5 Å². The van der Waals surface area contributed by atoms with Gasteiger partial charge in [0.15, 0.2) is 0 Å². The molecule has 5 heteroatoms. The summed E-state index contributed by atoms with van der Waals surface area (Å²) in [5.74, 6) is 0. The van der Waals surface area contributed by atoms with Crippen LogP contribution in [0.15, 0.2) is 73.3 Å². The average molecular weight is 354 g/mol. The van der Waals surface area contributed by atoms with Gasteiger partial charge < -0.3 is 4.90 Å². The first-order valence-corrected chi connectivity index (χ1v) is 8.33. The molecular weight excluding hydrogens is 338 g/mol. The highest BCUT2D eigenvalue weighted by molar-refractivity contribution is 7.80. The summed E-state index contributed by atoms with van der Waals surface area (Å²) < 4.78 is 0. The first-order chi connectivity index (χ1) is 11.7. The van der Waals surface area contributed by atoms with E-state index in [1.807, 2.05) is 60.9 Å². The van der Waals surface area contributed by atoms with Crippen LogP contribution in [0.25, 0.3) is 0 Å². The minimum Gasteiger partial charge on any atom is -0.354 e. The van der Waals surface area contributed by atoms with Gasteiger partial charge in [0.1, 0.15) is 4.99 Å². The number of nitrogens with zero attached hydrogens (tertiary/aromatic N) is 3. The summed E-state index contributed by atoms with van der Waals surface area (Å²) in [4.78, 5) is 11.3. The van der Waals surface area contributed by atoms with Gasteiger partial charge in [-0.1, -0.05) is 48.1 Å². The minimum absolute atomic E-state index is 0.675. The average Bonchev–Trinajstić information content (AvgIpc) is 2.62. The summed E-state index contributed by atoms with van der Waals surface area (Å²) in [6, 6.07) is 15.6. The van der Waals surface area contributed by atoms with Crippen molar-refractivity contribution in [3.8, 4) is 0 Å². The largest absolute Gasteiger partial charge is 0.354 e. The Morgan fingerprint density at radius 1 is 0.917 bits per heavy atom. The molecule has 0 unspecified atom stereocenters. The molecule has 0 saturated carbocycles. The number of rotatable bonds is 5. The fraction of sp³-hybridized carbons (Fsp3) is 0.105. The van der Waals surface area contributed by atoms with Crippen LogP contribution in [-0.2, 0) is 13.1 Å². The number of hydrogen-bond donors (Lipinski definition) is 0. The number of aromatic nitrogens is 2. The molecule has 0 spiro atoms. The number of hydrogen-bond acceptors (Lipinski definition) is 3. The lowest BCUT2D eigenvalue weighted by Gasteiger charge is -2.25. The molecule has 24 heavy (non-hydrogen) atoms. The third-order valence-electron chi connectivity index (χ3n) is 3.55. The van der Waals surface area contributed by atoms with Gasteiger partial charge in [-0.2, -0.15) is 0 Å². The topological polar surface area (TPSA) is 29.0 Å². The van der Waals surface area contributed by atoms with Crippen LogP contribution < -0.4 is 0 Å². The molecule has 3 nitrogen and oxygen atoms in total. The fourth-order valence-electron chi connectivity index (χ4n) is 2.43. The smallest absolute Gasteiger partial charge is 0.109 e. The van der Waals surface area contributed by atoms with E-state index in [2.05, 4.69) is 14.9 Å². The van der Waals surface area contributed by atoms with Gasteiger partial charge in [-0.25, -0.2) is 0 Å². The van der Waals surface area contributed by atoms with Crippen molar-refractivity contribution in [3.63, 3.8) is 0 Å². The Morgan fingerprint density at radius 2 is 1.54 bits per heavy atom. The van der Waals surface area contributed by atoms with Crippen LogP contribution in [0.5, 0.6) is 0 Å². The van der Waals surface area contributed by atoms with E-state index in [0.717, 1.165) is 21.7 Å². The SMILES string of the molecule is S=C(c1cccc(Cl)c1)N(Cc1cccnc1)Cc1cccnc1. The van der Waals surface area contributed by atoms with Gasteiger partial charge in [-0.05, 0) is 35.4 Å². The van der Waals surface area contributed by atoms with Gasteiger partial charge in [-0.3, -0.25) is 9.97 Å². The third kappa shape index (κ3) is 4.37. The van der Waals surface area contributed by atoms with E-state index in [-0.39, 0.29) is 0 Å². The molecule has 3 aromatic rings. The maximum absolute atomic E-state index is 6.12. The van der Waals surface area contributed by atoms with E-state index in [1.54, 1.807) is 12.4 Å². The molecule has 3 rings (SSSR count). The van der Waals surface area contributed by atoms with Crippen LogP contribution in [0.3, 0.4) is 0 Å². The lowest BCUT2D eigenvalue weighted by Crippen LogP contribution is -2.29. The van der Waals surface area contributed by atoms with Gasteiger partial charge in [0.25, 0.3) is 0 Å². The van der Waals surface area contributed by atoms with Crippen LogP contribution in [0.4, 0.5) is 0 Å². The van der Waals surface area contributed by atoms with E-state index < -0.39 is 0 Å². The van der Waals surface area contributed by atoms with Crippen molar-refractivity contribution in [2.75, 3.05) is 0 Å². The summed E-state index contributed by atoms with van der Waals surface area (Å²) in [5.41, 5.74) is 3.14. The van der Waals surface area contributed by atoms with Crippen molar-refractivity contribution in [2.45, 2.75) is 13.1 Å². The van der Waals surface area contributed by atoms with E-state index in [9.17, 15) is 0 Å². The molecule has 0 bridgehead atoms. The molecule has 0 aliphatic heterocycles. The molecule has 0 saturated heterocycles. The molecule has 120 valence electrons.